The molecule has 0 unspecified atom stereocenters. The van der Waals surface area contributed by atoms with E-state index < -0.39 is 5.97 Å². The Bertz CT molecular complexity index is 653. The maximum Gasteiger partial charge on any atom is 0.335 e. The lowest BCUT2D eigenvalue weighted by Gasteiger charge is -2.11. The second kappa shape index (κ2) is 5.74. The number of rotatable bonds is 4. The molecule has 0 aliphatic rings. The molecule has 104 valence electrons. The molecule has 2 aromatic rings. The second-order valence-electron chi connectivity index (χ2n) is 4.78. The Labute approximate surface area is 117 Å². The van der Waals surface area contributed by atoms with Gasteiger partial charge in [0.2, 0.25) is 0 Å². The van der Waals surface area contributed by atoms with Crippen LogP contribution < -0.4 is 5.32 Å². The quantitative estimate of drug-likeness (QED) is 0.891. The van der Waals surface area contributed by atoms with Crippen molar-refractivity contribution in [2.45, 2.75) is 20.4 Å². The second-order valence-corrected chi connectivity index (χ2v) is 4.78. The molecule has 2 aromatic carbocycles. The Kier molecular flexibility index (Phi) is 4.03. The van der Waals surface area contributed by atoms with E-state index in [0.29, 0.717) is 12.1 Å². The lowest BCUT2D eigenvalue weighted by molar-refractivity contribution is 0.0697. The Morgan fingerprint density at radius 2 is 1.95 bits per heavy atom. The predicted molar refractivity (Wildman–Crippen MR) is 76.6 cm³/mol. The van der Waals surface area contributed by atoms with Crippen molar-refractivity contribution in [3.8, 4) is 0 Å². The first-order valence-corrected chi connectivity index (χ1v) is 6.30. The average molecular weight is 273 g/mol. The van der Waals surface area contributed by atoms with E-state index >= 15 is 0 Å². The third-order valence-corrected chi connectivity index (χ3v) is 3.14. The number of benzene rings is 2. The summed E-state index contributed by atoms with van der Waals surface area (Å²) in [5, 5.41) is 12.0. The van der Waals surface area contributed by atoms with Crippen LogP contribution in [0.3, 0.4) is 0 Å². The molecule has 0 heterocycles. The van der Waals surface area contributed by atoms with Gasteiger partial charge in [-0.1, -0.05) is 17.7 Å². The molecule has 2 rings (SSSR count). The number of carboxylic acid groups (broad SMARTS) is 1. The third-order valence-electron chi connectivity index (χ3n) is 3.14. The summed E-state index contributed by atoms with van der Waals surface area (Å²) in [5.74, 6) is -1.20. The molecular formula is C16H16FNO2. The summed E-state index contributed by atoms with van der Waals surface area (Å²) in [5.41, 5.74) is 3.46. The SMILES string of the molecule is Cc1ccc(F)c(CNc2ccc(C(=O)O)cc2C)c1. The number of anilines is 1. The van der Waals surface area contributed by atoms with E-state index in [1.54, 1.807) is 24.3 Å². The molecule has 2 N–H and O–H groups in total. The molecule has 0 aliphatic carbocycles. The molecule has 0 aliphatic heterocycles. The van der Waals surface area contributed by atoms with Crippen LogP contribution in [0.4, 0.5) is 10.1 Å². The summed E-state index contributed by atoms with van der Waals surface area (Å²) >= 11 is 0. The van der Waals surface area contributed by atoms with Gasteiger partial charge in [0.15, 0.2) is 0 Å². The lowest BCUT2D eigenvalue weighted by Crippen LogP contribution is -2.05. The molecule has 0 spiro atoms. The number of carbonyl (C=O) groups is 1. The summed E-state index contributed by atoms with van der Waals surface area (Å²) in [6, 6.07) is 9.80. The molecule has 4 heteroatoms. The van der Waals surface area contributed by atoms with Gasteiger partial charge >= 0.3 is 5.97 Å². The first-order valence-electron chi connectivity index (χ1n) is 6.30. The number of carboxylic acids is 1. The van der Waals surface area contributed by atoms with Crippen molar-refractivity contribution in [1.82, 2.24) is 0 Å². The Balaban J connectivity index is 2.15. The number of halogens is 1. The van der Waals surface area contributed by atoms with Crippen molar-refractivity contribution in [3.05, 3.63) is 64.5 Å². The topological polar surface area (TPSA) is 49.3 Å². The third kappa shape index (κ3) is 3.15. The fraction of sp³-hybridized carbons (Fsp3) is 0.188. The van der Waals surface area contributed by atoms with E-state index in [2.05, 4.69) is 5.32 Å². The molecule has 0 atom stereocenters. The summed E-state index contributed by atoms with van der Waals surface area (Å²) < 4.78 is 13.6. The highest BCUT2D eigenvalue weighted by Crippen LogP contribution is 2.19. The minimum Gasteiger partial charge on any atom is -0.478 e. The van der Waals surface area contributed by atoms with Crippen molar-refractivity contribution in [2.75, 3.05) is 5.32 Å². The highest BCUT2D eigenvalue weighted by molar-refractivity contribution is 5.88. The Morgan fingerprint density at radius 3 is 2.60 bits per heavy atom. The van der Waals surface area contributed by atoms with Crippen LogP contribution in [-0.2, 0) is 6.54 Å². The number of hydrogen-bond acceptors (Lipinski definition) is 2. The highest BCUT2D eigenvalue weighted by atomic mass is 19.1. The van der Waals surface area contributed by atoms with Crippen LogP contribution in [0.5, 0.6) is 0 Å². The molecule has 0 bridgehead atoms. The number of nitrogens with one attached hydrogen (secondary N) is 1. The van der Waals surface area contributed by atoms with Gasteiger partial charge in [-0.25, -0.2) is 9.18 Å². The van der Waals surface area contributed by atoms with Crippen molar-refractivity contribution in [2.24, 2.45) is 0 Å². The van der Waals surface area contributed by atoms with E-state index in [4.69, 9.17) is 5.11 Å². The van der Waals surface area contributed by atoms with Gasteiger partial charge in [-0.15, -0.1) is 0 Å². The summed E-state index contributed by atoms with van der Waals surface area (Å²) in [6.07, 6.45) is 0. The minimum atomic E-state index is -0.954. The van der Waals surface area contributed by atoms with Gasteiger partial charge < -0.3 is 10.4 Å². The Morgan fingerprint density at radius 1 is 1.20 bits per heavy atom. The summed E-state index contributed by atoms with van der Waals surface area (Å²) in [7, 11) is 0. The Hall–Kier alpha value is -2.36. The molecule has 0 saturated heterocycles. The normalized spacial score (nSPS) is 10.3. The monoisotopic (exact) mass is 273 g/mol. The zero-order valence-corrected chi connectivity index (χ0v) is 11.4. The van der Waals surface area contributed by atoms with Crippen LogP contribution in [0.1, 0.15) is 27.0 Å². The highest BCUT2D eigenvalue weighted by Gasteiger charge is 2.07. The standard InChI is InChI=1S/C16H16FNO2/c1-10-3-5-14(17)13(7-10)9-18-15-6-4-12(16(19)20)8-11(15)2/h3-8,18H,9H2,1-2H3,(H,19,20). The lowest BCUT2D eigenvalue weighted by atomic mass is 10.1. The predicted octanol–water partition coefficient (Wildman–Crippen LogP) is 3.75. The maximum atomic E-state index is 13.6. The van der Waals surface area contributed by atoms with Crippen LogP contribution in [0, 0.1) is 19.7 Å². The smallest absolute Gasteiger partial charge is 0.335 e. The van der Waals surface area contributed by atoms with E-state index in [1.165, 1.54) is 12.1 Å². The van der Waals surface area contributed by atoms with Crippen LogP contribution in [-0.4, -0.2) is 11.1 Å². The molecule has 0 aromatic heterocycles. The van der Waals surface area contributed by atoms with E-state index in [9.17, 15) is 9.18 Å². The molecule has 0 saturated carbocycles. The summed E-state index contributed by atoms with van der Waals surface area (Å²) in [4.78, 5) is 10.9. The van der Waals surface area contributed by atoms with Crippen LogP contribution >= 0.6 is 0 Å². The van der Waals surface area contributed by atoms with Crippen molar-refractivity contribution in [3.63, 3.8) is 0 Å². The van der Waals surface area contributed by atoms with Gasteiger partial charge in [-0.05, 0) is 43.7 Å². The van der Waals surface area contributed by atoms with Crippen molar-refractivity contribution >= 4 is 11.7 Å². The molecular weight excluding hydrogens is 257 g/mol. The molecule has 0 fully saturated rings. The number of aryl methyl sites for hydroxylation is 2. The van der Waals surface area contributed by atoms with Gasteiger partial charge in [0.25, 0.3) is 0 Å². The maximum absolute atomic E-state index is 13.6. The fourth-order valence-electron chi connectivity index (χ4n) is 2.02. The van der Waals surface area contributed by atoms with Crippen LogP contribution in [0.2, 0.25) is 0 Å². The van der Waals surface area contributed by atoms with Gasteiger partial charge in [-0.3, -0.25) is 0 Å². The minimum absolute atomic E-state index is 0.245. The number of hydrogen-bond donors (Lipinski definition) is 2. The zero-order chi connectivity index (χ0) is 14.7. The summed E-state index contributed by atoms with van der Waals surface area (Å²) in [6.45, 7) is 4.10. The van der Waals surface area contributed by atoms with Crippen molar-refractivity contribution < 1.29 is 14.3 Å². The average Bonchev–Trinajstić information content (AvgIpc) is 2.40. The van der Waals surface area contributed by atoms with E-state index in [0.717, 1.165) is 16.8 Å². The van der Waals surface area contributed by atoms with E-state index in [-0.39, 0.29) is 11.4 Å². The van der Waals surface area contributed by atoms with Gasteiger partial charge in [0.1, 0.15) is 5.82 Å². The largest absolute Gasteiger partial charge is 0.478 e. The molecule has 3 nitrogen and oxygen atoms in total. The molecule has 20 heavy (non-hydrogen) atoms. The molecule has 0 radical (unpaired) electrons. The van der Waals surface area contributed by atoms with Gasteiger partial charge in [0.05, 0.1) is 5.56 Å². The van der Waals surface area contributed by atoms with Crippen LogP contribution in [0.15, 0.2) is 36.4 Å². The van der Waals surface area contributed by atoms with Gasteiger partial charge in [0, 0.05) is 17.8 Å². The molecule has 0 amide bonds. The van der Waals surface area contributed by atoms with Crippen molar-refractivity contribution in [1.29, 1.82) is 0 Å². The van der Waals surface area contributed by atoms with Crippen LogP contribution in [0.25, 0.3) is 0 Å². The van der Waals surface area contributed by atoms with Gasteiger partial charge in [-0.2, -0.15) is 0 Å². The number of aromatic carboxylic acids is 1. The van der Waals surface area contributed by atoms with E-state index in [1.807, 2.05) is 13.8 Å². The first-order chi connectivity index (χ1) is 9.47. The fourth-order valence-corrected chi connectivity index (χ4v) is 2.02. The first kappa shape index (κ1) is 14.1. The zero-order valence-electron chi connectivity index (χ0n) is 11.4.